The summed E-state index contributed by atoms with van der Waals surface area (Å²) in [5.74, 6) is 0.788. The zero-order valence-corrected chi connectivity index (χ0v) is 20.5. The number of carboxylic acid groups (broad SMARTS) is 1. The van der Waals surface area contributed by atoms with Crippen LogP contribution < -0.4 is 9.47 Å². The number of rotatable bonds is 5. The van der Waals surface area contributed by atoms with E-state index in [0.717, 1.165) is 61.8 Å². The van der Waals surface area contributed by atoms with Crippen LogP contribution in [-0.4, -0.2) is 47.9 Å². The smallest absolute Gasteiger partial charge is 0.341 e. The van der Waals surface area contributed by atoms with Crippen molar-refractivity contribution in [2.45, 2.75) is 51.4 Å². The molecular weight excluding hydrogens is 454 g/mol. The Kier molecular flexibility index (Phi) is 6.25. The van der Waals surface area contributed by atoms with Gasteiger partial charge in [0, 0.05) is 23.0 Å². The Morgan fingerprint density at radius 1 is 1.18 bits per heavy atom. The fourth-order valence-corrected chi connectivity index (χ4v) is 5.93. The van der Waals surface area contributed by atoms with Gasteiger partial charge in [0.25, 0.3) is 0 Å². The molecule has 2 aromatic rings. The number of nitrogens with zero attached hydrogens (tertiary/aromatic N) is 1. The molecule has 0 bridgehead atoms. The van der Waals surface area contributed by atoms with E-state index < -0.39 is 5.97 Å². The lowest BCUT2D eigenvalue weighted by Gasteiger charge is -2.54. The molecule has 1 spiro atoms. The largest absolute Gasteiger partial charge is 0.487 e. The summed E-state index contributed by atoms with van der Waals surface area (Å²) in [5.41, 5.74) is 2.18. The van der Waals surface area contributed by atoms with Crippen LogP contribution in [0.15, 0.2) is 42.5 Å². The van der Waals surface area contributed by atoms with Gasteiger partial charge in [0.2, 0.25) is 0 Å². The minimum Gasteiger partial charge on any atom is -0.487 e. The van der Waals surface area contributed by atoms with Crippen LogP contribution in [0.25, 0.3) is 0 Å². The number of hydrogen-bond acceptors (Lipinski definition) is 5. The zero-order chi connectivity index (χ0) is 23.9. The highest BCUT2D eigenvalue weighted by Gasteiger charge is 2.52. The molecule has 2 saturated heterocycles. The highest BCUT2D eigenvalue weighted by molar-refractivity contribution is 6.30. The molecule has 0 aliphatic carbocycles. The number of likely N-dealkylation sites (tertiary alicyclic amines) is 1. The summed E-state index contributed by atoms with van der Waals surface area (Å²) >= 11 is 6.29. The van der Waals surface area contributed by atoms with Crippen molar-refractivity contribution in [1.82, 2.24) is 4.90 Å². The Bertz CT molecular complexity index is 1050. The quantitative estimate of drug-likeness (QED) is 0.617. The molecular formula is C27H32ClNO5. The van der Waals surface area contributed by atoms with Crippen molar-refractivity contribution in [2.24, 2.45) is 11.3 Å². The van der Waals surface area contributed by atoms with E-state index in [4.69, 9.17) is 30.9 Å². The molecule has 34 heavy (non-hydrogen) atoms. The number of halogens is 1. The predicted octanol–water partition coefficient (Wildman–Crippen LogP) is 5.33. The van der Waals surface area contributed by atoms with Crippen LogP contribution >= 0.6 is 11.6 Å². The average molecular weight is 486 g/mol. The summed E-state index contributed by atoms with van der Waals surface area (Å²) in [4.78, 5) is 13.1. The van der Waals surface area contributed by atoms with Gasteiger partial charge in [-0.15, -0.1) is 0 Å². The van der Waals surface area contributed by atoms with Crippen molar-refractivity contribution in [1.29, 1.82) is 0 Å². The van der Waals surface area contributed by atoms with E-state index in [1.807, 2.05) is 42.5 Å². The number of carbonyl (C=O) groups is 1. The van der Waals surface area contributed by atoms with Crippen LogP contribution in [-0.2, 0) is 16.1 Å². The summed E-state index contributed by atoms with van der Waals surface area (Å²) in [6, 6.07) is 13.6. The molecule has 6 nitrogen and oxygen atoms in total. The molecule has 5 rings (SSSR count). The summed E-state index contributed by atoms with van der Waals surface area (Å²) in [5, 5.41) is 9.47. The number of hydrogen-bond donors (Lipinski definition) is 1. The van der Waals surface area contributed by atoms with Gasteiger partial charge in [0.05, 0.1) is 12.7 Å². The van der Waals surface area contributed by atoms with Crippen molar-refractivity contribution >= 4 is 17.6 Å². The number of benzene rings is 2. The lowest BCUT2D eigenvalue weighted by atomic mass is 9.64. The van der Waals surface area contributed by atoms with E-state index in [2.05, 4.69) is 18.7 Å². The standard InChI is InChI=1S/C27H32ClNO5/c1-26(2)22-14-27(17-33-25(22)21-13-19(28)5-8-23(21)34-26)9-11-29(12-10-27)15-18-3-6-20(7-4-18)32-16-24(30)31/h3-8,13,22,25H,9-12,14-17H2,1-2H3,(H,30,31)/t22-,25+/m0/s1. The molecule has 0 aromatic heterocycles. The van der Waals surface area contributed by atoms with Crippen molar-refractivity contribution in [3.63, 3.8) is 0 Å². The second kappa shape index (κ2) is 9.06. The van der Waals surface area contributed by atoms with E-state index in [9.17, 15) is 4.79 Å². The maximum absolute atomic E-state index is 10.7. The number of aliphatic carboxylic acids is 1. The van der Waals surface area contributed by atoms with Crippen molar-refractivity contribution < 1.29 is 24.1 Å². The first-order valence-electron chi connectivity index (χ1n) is 12.0. The van der Waals surface area contributed by atoms with E-state index in [1.165, 1.54) is 5.56 Å². The Morgan fingerprint density at radius 2 is 1.91 bits per heavy atom. The van der Waals surface area contributed by atoms with Crippen LogP contribution in [0.5, 0.6) is 11.5 Å². The van der Waals surface area contributed by atoms with Crippen LogP contribution in [0, 0.1) is 11.3 Å². The van der Waals surface area contributed by atoms with Gasteiger partial charge in [-0.05, 0) is 87.5 Å². The van der Waals surface area contributed by atoms with E-state index in [-0.39, 0.29) is 29.6 Å². The van der Waals surface area contributed by atoms with Gasteiger partial charge in [0.1, 0.15) is 17.1 Å². The third kappa shape index (κ3) is 4.77. The van der Waals surface area contributed by atoms with Gasteiger partial charge < -0.3 is 19.3 Å². The monoisotopic (exact) mass is 485 g/mol. The van der Waals surface area contributed by atoms with Crippen molar-refractivity contribution in [3.8, 4) is 11.5 Å². The lowest BCUT2D eigenvalue weighted by Crippen LogP contribution is -2.54. The number of carboxylic acids is 1. The van der Waals surface area contributed by atoms with E-state index >= 15 is 0 Å². The van der Waals surface area contributed by atoms with Crippen molar-refractivity contribution in [2.75, 3.05) is 26.3 Å². The van der Waals surface area contributed by atoms with Gasteiger partial charge in [-0.1, -0.05) is 23.7 Å². The van der Waals surface area contributed by atoms with Crippen LogP contribution in [0.2, 0.25) is 5.02 Å². The second-order valence-corrected chi connectivity index (χ2v) is 11.0. The third-order valence-corrected chi connectivity index (χ3v) is 7.98. The van der Waals surface area contributed by atoms with Gasteiger partial charge in [0.15, 0.2) is 6.61 Å². The molecule has 182 valence electrons. The molecule has 3 aliphatic rings. The fourth-order valence-electron chi connectivity index (χ4n) is 5.75. The first-order valence-corrected chi connectivity index (χ1v) is 12.4. The molecule has 2 aromatic carbocycles. The highest BCUT2D eigenvalue weighted by Crippen LogP contribution is 2.55. The Labute approximate surface area is 205 Å². The molecule has 0 amide bonds. The van der Waals surface area contributed by atoms with Crippen LogP contribution in [0.3, 0.4) is 0 Å². The van der Waals surface area contributed by atoms with E-state index in [1.54, 1.807) is 0 Å². The topological polar surface area (TPSA) is 68.2 Å². The minimum absolute atomic E-state index is 0.0305. The molecule has 3 aliphatic heterocycles. The molecule has 0 unspecified atom stereocenters. The maximum Gasteiger partial charge on any atom is 0.341 e. The number of ether oxygens (including phenoxy) is 3. The van der Waals surface area contributed by atoms with Crippen LogP contribution in [0.1, 0.15) is 50.3 Å². The number of piperidine rings is 1. The van der Waals surface area contributed by atoms with Gasteiger partial charge in [-0.25, -0.2) is 4.79 Å². The summed E-state index contributed by atoms with van der Waals surface area (Å²) in [6.07, 6.45) is 3.34. The van der Waals surface area contributed by atoms with Crippen molar-refractivity contribution in [3.05, 3.63) is 58.6 Å². The molecule has 3 heterocycles. The first-order chi connectivity index (χ1) is 16.2. The molecule has 0 saturated carbocycles. The highest BCUT2D eigenvalue weighted by atomic mass is 35.5. The van der Waals surface area contributed by atoms with Crippen LogP contribution in [0.4, 0.5) is 0 Å². The molecule has 7 heteroatoms. The number of fused-ring (bicyclic) bond motifs is 3. The summed E-state index contributed by atoms with van der Waals surface area (Å²) in [6.45, 7) is 7.76. The second-order valence-electron chi connectivity index (χ2n) is 10.5. The minimum atomic E-state index is -0.972. The van der Waals surface area contributed by atoms with E-state index in [0.29, 0.717) is 5.75 Å². The fraction of sp³-hybridized carbons (Fsp3) is 0.519. The Morgan fingerprint density at radius 3 is 2.62 bits per heavy atom. The lowest BCUT2D eigenvalue weighted by molar-refractivity contribution is -0.174. The molecule has 2 fully saturated rings. The van der Waals surface area contributed by atoms with Gasteiger partial charge in [-0.3, -0.25) is 4.90 Å². The SMILES string of the molecule is CC1(C)Oc2ccc(Cl)cc2[C@H]2OCC3(CCN(Cc4ccc(OCC(=O)O)cc4)CC3)C[C@@H]21. The molecule has 1 N–H and O–H groups in total. The summed E-state index contributed by atoms with van der Waals surface area (Å²) in [7, 11) is 0. The van der Waals surface area contributed by atoms with Gasteiger partial charge in [-0.2, -0.15) is 0 Å². The third-order valence-electron chi connectivity index (χ3n) is 7.74. The van der Waals surface area contributed by atoms with Gasteiger partial charge >= 0.3 is 5.97 Å². The first kappa shape index (κ1) is 23.5. The summed E-state index contributed by atoms with van der Waals surface area (Å²) < 4.78 is 18.2. The average Bonchev–Trinajstić information content (AvgIpc) is 2.81. The molecule has 2 atom stereocenters. The predicted molar refractivity (Wildman–Crippen MR) is 129 cm³/mol. The Balaban J connectivity index is 1.21. The Hall–Kier alpha value is -2.28. The normalized spacial score (nSPS) is 25.1. The zero-order valence-electron chi connectivity index (χ0n) is 19.8. The molecule has 0 radical (unpaired) electrons. The maximum atomic E-state index is 10.7.